The van der Waals surface area contributed by atoms with Gasteiger partial charge in [0.2, 0.25) is 13.6 Å². The van der Waals surface area contributed by atoms with Crippen LogP contribution in [0, 0.1) is 0 Å². The maximum absolute atomic E-state index is 12.1. The molecule has 3 aliphatic heterocycles. The molecule has 0 amide bonds. The number of anilines is 1. The summed E-state index contributed by atoms with van der Waals surface area (Å²) in [5.74, 6) is 2.82. The van der Waals surface area contributed by atoms with Crippen LogP contribution in [0.15, 0.2) is 42.5 Å². The normalized spacial score (nSPS) is 16.9. The summed E-state index contributed by atoms with van der Waals surface area (Å²) in [5.41, 5.74) is 4.75. The third kappa shape index (κ3) is 2.20. The van der Waals surface area contributed by atoms with Crippen molar-refractivity contribution in [1.29, 1.82) is 0 Å². The lowest BCUT2D eigenvalue weighted by Crippen LogP contribution is -2.22. The van der Waals surface area contributed by atoms with Crippen LogP contribution in [0.2, 0.25) is 0 Å². The van der Waals surface area contributed by atoms with E-state index in [0.29, 0.717) is 11.5 Å². The molecular weight excluding hydrogens is 370 g/mol. The molecule has 0 aliphatic carbocycles. The Morgan fingerprint density at radius 1 is 0.931 bits per heavy atom. The molecule has 0 atom stereocenters. The van der Waals surface area contributed by atoms with Gasteiger partial charge in [0.25, 0.3) is 0 Å². The first-order chi connectivity index (χ1) is 14.1. The Labute approximate surface area is 166 Å². The van der Waals surface area contributed by atoms with Crippen LogP contribution in [0.3, 0.4) is 0 Å². The largest absolute Gasteiger partial charge is 0.454 e. The van der Waals surface area contributed by atoms with Gasteiger partial charge in [-0.3, -0.25) is 4.79 Å². The number of fused-ring (bicyclic) bond motifs is 8. The SMILES string of the molecule is CC(=O)/C=C1/c2c(ccc3c2OCO3)-c2ccc3cc4c(cc3c2N1C)OCO4. The van der Waals surface area contributed by atoms with Gasteiger partial charge in [0.1, 0.15) is 0 Å². The van der Waals surface area contributed by atoms with Crippen molar-refractivity contribution in [3.63, 3.8) is 0 Å². The molecule has 0 saturated heterocycles. The predicted octanol–water partition coefficient (Wildman–Crippen LogP) is 4.34. The van der Waals surface area contributed by atoms with Gasteiger partial charge in [-0.05, 0) is 42.1 Å². The summed E-state index contributed by atoms with van der Waals surface area (Å²) in [6, 6.07) is 12.1. The average Bonchev–Trinajstić information content (AvgIpc) is 3.36. The van der Waals surface area contributed by atoms with E-state index in [-0.39, 0.29) is 19.4 Å². The summed E-state index contributed by atoms with van der Waals surface area (Å²) in [6.07, 6.45) is 1.65. The van der Waals surface area contributed by atoms with E-state index in [1.54, 1.807) is 13.0 Å². The van der Waals surface area contributed by atoms with Crippen molar-refractivity contribution in [3.8, 4) is 34.1 Å². The van der Waals surface area contributed by atoms with E-state index >= 15 is 0 Å². The van der Waals surface area contributed by atoms with E-state index in [1.807, 2.05) is 36.2 Å². The second kappa shape index (κ2) is 5.67. The minimum absolute atomic E-state index is 0.0318. The number of hydrogen-bond acceptors (Lipinski definition) is 6. The van der Waals surface area contributed by atoms with Gasteiger partial charge >= 0.3 is 0 Å². The molecule has 3 aliphatic rings. The zero-order valence-corrected chi connectivity index (χ0v) is 15.9. The van der Waals surface area contributed by atoms with E-state index in [4.69, 9.17) is 18.9 Å². The van der Waals surface area contributed by atoms with Gasteiger partial charge in [-0.15, -0.1) is 0 Å². The zero-order valence-electron chi connectivity index (χ0n) is 15.9. The Kier molecular flexibility index (Phi) is 3.19. The van der Waals surface area contributed by atoms with Crippen LogP contribution in [-0.4, -0.2) is 26.4 Å². The summed E-state index contributed by atoms with van der Waals surface area (Å²) >= 11 is 0. The Morgan fingerprint density at radius 3 is 2.48 bits per heavy atom. The lowest BCUT2D eigenvalue weighted by molar-refractivity contribution is -0.112. The zero-order chi connectivity index (χ0) is 19.7. The van der Waals surface area contributed by atoms with Crippen molar-refractivity contribution in [2.75, 3.05) is 25.5 Å². The van der Waals surface area contributed by atoms with Crippen molar-refractivity contribution in [1.82, 2.24) is 0 Å². The van der Waals surface area contributed by atoms with Crippen molar-refractivity contribution in [3.05, 3.63) is 48.0 Å². The van der Waals surface area contributed by atoms with Gasteiger partial charge < -0.3 is 23.8 Å². The topological polar surface area (TPSA) is 57.2 Å². The van der Waals surface area contributed by atoms with Crippen LogP contribution < -0.4 is 23.8 Å². The number of ketones is 1. The van der Waals surface area contributed by atoms with Crippen LogP contribution in [0.4, 0.5) is 5.69 Å². The molecule has 0 N–H and O–H groups in total. The van der Waals surface area contributed by atoms with Crippen LogP contribution >= 0.6 is 0 Å². The van der Waals surface area contributed by atoms with E-state index < -0.39 is 0 Å². The predicted molar refractivity (Wildman–Crippen MR) is 109 cm³/mol. The van der Waals surface area contributed by atoms with Crippen molar-refractivity contribution >= 4 is 27.9 Å². The molecule has 3 aromatic carbocycles. The Bertz CT molecular complexity index is 1260. The number of hydrogen-bond donors (Lipinski definition) is 0. The fraction of sp³-hybridized carbons (Fsp3) is 0.174. The molecule has 3 heterocycles. The third-order valence-electron chi connectivity index (χ3n) is 5.61. The molecule has 0 unspecified atom stereocenters. The molecule has 0 spiro atoms. The number of carbonyl (C=O) groups is 1. The average molecular weight is 387 g/mol. The highest BCUT2D eigenvalue weighted by atomic mass is 16.7. The molecule has 29 heavy (non-hydrogen) atoms. The highest BCUT2D eigenvalue weighted by Gasteiger charge is 2.33. The number of carbonyl (C=O) groups excluding carboxylic acids is 1. The second-order valence-corrected chi connectivity index (χ2v) is 7.31. The van der Waals surface area contributed by atoms with Crippen LogP contribution in [0.1, 0.15) is 12.5 Å². The molecule has 0 saturated carbocycles. The van der Waals surface area contributed by atoms with Gasteiger partial charge in [-0.25, -0.2) is 0 Å². The van der Waals surface area contributed by atoms with Crippen LogP contribution in [0.25, 0.3) is 27.6 Å². The maximum Gasteiger partial charge on any atom is 0.231 e. The number of ether oxygens (including phenoxy) is 4. The molecule has 0 aromatic heterocycles. The van der Waals surface area contributed by atoms with Crippen molar-refractivity contribution in [2.45, 2.75) is 6.92 Å². The Balaban J connectivity index is 1.71. The van der Waals surface area contributed by atoms with Crippen LogP contribution in [0.5, 0.6) is 23.0 Å². The van der Waals surface area contributed by atoms with Crippen molar-refractivity contribution in [2.24, 2.45) is 0 Å². The van der Waals surface area contributed by atoms with E-state index in [0.717, 1.165) is 50.3 Å². The summed E-state index contributed by atoms with van der Waals surface area (Å²) in [6.45, 7) is 1.96. The quantitative estimate of drug-likeness (QED) is 0.579. The fourth-order valence-corrected chi connectivity index (χ4v) is 4.38. The summed E-state index contributed by atoms with van der Waals surface area (Å²) in [5, 5.41) is 2.08. The molecule has 144 valence electrons. The number of nitrogens with zero attached hydrogens (tertiary/aromatic N) is 1. The monoisotopic (exact) mass is 387 g/mol. The van der Waals surface area contributed by atoms with E-state index in [2.05, 4.69) is 12.1 Å². The van der Waals surface area contributed by atoms with Gasteiger partial charge in [-0.1, -0.05) is 12.1 Å². The Hall–Kier alpha value is -3.67. The molecule has 3 aromatic rings. The van der Waals surface area contributed by atoms with E-state index in [1.165, 1.54) is 0 Å². The molecule has 0 radical (unpaired) electrons. The fourth-order valence-electron chi connectivity index (χ4n) is 4.38. The smallest absolute Gasteiger partial charge is 0.231 e. The first-order valence-corrected chi connectivity index (χ1v) is 9.37. The molecular formula is C23H17NO5. The van der Waals surface area contributed by atoms with Crippen molar-refractivity contribution < 1.29 is 23.7 Å². The van der Waals surface area contributed by atoms with Gasteiger partial charge in [0, 0.05) is 24.1 Å². The number of benzene rings is 3. The highest BCUT2D eigenvalue weighted by molar-refractivity contribution is 6.14. The second-order valence-electron chi connectivity index (χ2n) is 7.31. The molecule has 0 bridgehead atoms. The maximum atomic E-state index is 12.1. The van der Waals surface area contributed by atoms with Gasteiger partial charge in [0.15, 0.2) is 28.8 Å². The highest BCUT2D eigenvalue weighted by Crippen LogP contribution is 2.54. The molecule has 6 nitrogen and oxygen atoms in total. The molecule has 6 heteroatoms. The summed E-state index contributed by atoms with van der Waals surface area (Å²) in [4.78, 5) is 14.1. The van der Waals surface area contributed by atoms with Gasteiger partial charge in [0.05, 0.1) is 16.9 Å². The van der Waals surface area contributed by atoms with Crippen LogP contribution in [-0.2, 0) is 4.79 Å². The third-order valence-corrected chi connectivity index (χ3v) is 5.61. The number of rotatable bonds is 1. The summed E-state index contributed by atoms with van der Waals surface area (Å²) in [7, 11) is 1.97. The first-order valence-electron chi connectivity index (χ1n) is 9.37. The lowest BCUT2D eigenvalue weighted by Gasteiger charge is -2.33. The minimum atomic E-state index is -0.0318. The van der Waals surface area contributed by atoms with E-state index in [9.17, 15) is 4.79 Å². The minimum Gasteiger partial charge on any atom is -0.454 e. The van der Waals surface area contributed by atoms with Gasteiger partial charge in [-0.2, -0.15) is 0 Å². The molecule has 6 rings (SSSR count). The first kappa shape index (κ1) is 16.3. The Morgan fingerprint density at radius 2 is 1.66 bits per heavy atom. The summed E-state index contributed by atoms with van der Waals surface area (Å²) < 4.78 is 22.5. The lowest BCUT2D eigenvalue weighted by atomic mass is 9.87. The standard InChI is InChI=1S/C23H17NO5/c1-12(25)7-17-21-14(5-6-18-23(21)29-11-26-18)15-4-3-13-8-19-20(28-10-27-19)9-16(13)22(15)24(17)2/h3-9H,10-11H2,1-2H3/b17-7-. The number of allylic oxidation sites excluding steroid dienone is 1. The molecule has 0 fully saturated rings.